The molecule has 1 rings (SSSR count). The van der Waals surface area contributed by atoms with Crippen molar-refractivity contribution in [3.05, 3.63) is 16.3 Å². The molecule has 1 unspecified atom stereocenters. The Hall–Kier alpha value is -1.92. The van der Waals surface area contributed by atoms with E-state index in [2.05, 4.69) is 34.4 Å². The molecule has 0 radical (unpaired) electrons. The second-order valence-electron chi connectivity index (χ2n) is 4.73. The van der Waals surface area contributed by atoms with Gasteiger partial charge in [-0.2, -0.15) is 4.98 Å². The summed E-state index contributed by atoms with van der Waals surface area (Å²) in [6.07, 6.45) is 5.73. The molecule has 0 aromatic carbocycles. The zero-order valence-electron chi connectivity index (χ0n) is 12.3. The van der Waals surface area contributed by atoms with Gasteiger partial charge in [0.15, 0.2) is 0 Å². The summed E-state index contributed by atoms with van der Waals surface area (Å²) >= 11 is 0. The number of hydrogen-bond acceptors (Lipinski definition) is 6. The molecule has 0 aliphatic carbocycles. The highest BCUT2D eigenvalue weighted by Gasteiger charge is 2.17. The molecule has 1 aromatic rings. The van der Waals surface area contributed by atoms with Gasteiger partial charge >= 0.3 is 5.69 Å². The fourth-order valence-electron chi connectivity index (χ4n) is 1.94. The summed E-state index contributed by atoms with van der Waals surface area (Å²) < 4.78 is 0. The number of nitrogens with zero attached hydrogens (tertiary/aromatic N) is 3. The number of nitro groups is 1. The van der Waals surface area contributed by atoms with Gasteiger partial charge in [-0.1, -0.05) is 33.1 Å². The van der Waals surface area contributed by atoms with E-state index in [1.54, 1.807) is 7.05 Å². The Morgan fingerprint density at radius 2 is 2.20 bits per heavy atom. The Balaban J connectivity index is 2.76. The Morgan fingerprint density at radius 3 is 2.75 bits per heavy atom. The van der Waals surface area contributed by atoms with Crippen molar-refractivity contribution in [3.8, 4) is 0 Å². The van der Waals surface area contributed by atoms with Crippen LogP contribution < -0.4 is 10.6 Å². The van der Waals surface area contributed by atoms with Gasteiger partial charge in [-0.15, -0.1) is 0 Å². The molecule has 0 fully saturated rings. The Kier molecular flexibility index (Phi) is 6.69. The van der Waals surface area contributed by atoms with Gasteiger partial charge in [0.05, 0.1) is 4.92 Å². The summed E-state index contributed by atoms with van der Waals surface area (Å²) in [7, 11) is 1.68. The Morgan fingerprint density at radius 1 is 1.45 bits per heavy atom. The van der Waals surface area contributed by atoms with Crippen LogP contribution in [0.5, 0.6) is 0 Å². The van der Waals surface area contributed by atoms with Crippen LogP contribution in [0.25, 0.3) is 0 Å². The number of anilines is 2. The third kappa shape index (κ3) is 4.64. The topological polar surface area (TPSA) is 93.0 Å². The maximum absolute atomic E-state index is 11.0. The average Bonchev–Trinajstić information content (AvgIpc) is 2.47. The molecule has 7 heteroatoms. The van der Waals surface area contributed by atoms with Crippen molar-refractivity contribution >= 4 is 17.5 Å². The SMILES string of the molecule is CCCCC(CC)CNc1nc(NC)ncc1[N+](=O)[O-]. The van der Waals surface area contributed by atoms with Crippen LogP contribution in [0.1, 0.15) is 39.5 Å². The van der Waals surface area contributed by atoms with Gasteiger partial charge in [-0.25, -0.2) is 4.98 Å². The fraction of sp³-hybridized carbons (Fsp3) is 0.692. The Bertz CT molecular complexity index is 439. The second kappa shape index (κ2) is 8.29. The van der Waals surface area contributed by atoms with E-state index >= 15 is 0 Å². The zero-order valence-corrected chi connectivity index (χ0v) is 12.3. The van der Waals surface area contributed by atoms with E-state index in [0.29, 0.717) is 18.4 Å². The number of aromatic nitrogens is 2. The summed E-state index contributed by atoms with van der Waals surface area (Å²) in [4.78, 5) is 18.5. The lowest BCUT2D eigenvalue weighted by Crippen LogP contribution is -2.16. The van der Waals surface area contributed by atoms with Crippen LogP contribution in [0.15, 0.2) is 6.20 Å². The predicted molar refractivity (Wildman–Crippen MR) is 80.0 cm³/mol. The normalized spacial score (nSPS) is 11.9. The average molecular weight is 281 g/mol. The highest BCUT2D eigenvalue weighted by atomic mass is 16.6. The van der Waals surface area contributed by atoms with Crippen LogP contribution in [0.4, 0.5) is 17.5 Å². The van der Waals surface area contributed by atoms with E-state index < -0.39 is 4.92 Å². The molecule has 0 spiro atoms. The van der Waals surface area contributed by atoms with Gasteiger partial charge in [-0.05, 0) is 12.3 Å². The lowest BCUT2D eigenvalue weighted by Gasteiger charge is -2.15. The Labute approximate surface area is 119 Å². The molecule has 1 atom stereocenters. The van der Waals surface area contributed by atoms with E-state index in [1.165, 1.54) is 12.6 Å². The van der Waals surface area contributed by atoms with Gasteiger partial charge in [0, 0.05) is 13.6 Å². The first-order chi connectivity index (χ1) is 9.62. The van der Waals surface area contributed by atoms with E-state index in [-0.39, 0.29) is 11.5 Å². The van der Waals surface area contributed by atoms with Gasteiger partial charge in [0.1, 0.15) is 6.20 Å². The van der Waals surface area contributed by atoms with Crippen LogP contribution in [0, 0.1) is 16.0 Å². The first kappa shape index (κ1) is 16.1. The third-order valence-electron chi connectivity index (χ3n) is 3.29. The van der Waals surface area contributed by atoms with Crippen molar-refractivity contribution in [2.75, 3.05) is 24.2 Å². The van der Waals surface area contributed by atoms with E-state index in [9.17, 15) is 10.1 Å². The molecular formula is C13H23N5O2. The first-order valence-corrected chi connectivity index (χ1v) is 7.05. The molecule has 0 saturated carbocycles. The molecule has 112 valence electrons. The number of nitrogens with one attached hydrogen (secondary N) is 2. The number of unbranched alkanes of at least 4 members (excludes halogenated alkanes) is 1. The molecule has 0 aliphatic rings. The minimum absolute atomic E-state index is 0.0886. The maximum atomic E-state index is 11.0. The first-order valence-electron chi connectivity index (χ1n) is 7.05. The highest BCUT2D eigenvalue weighted by Crippen LogP contribution is 2.23. The molecule has 0 bridgehead atoms. The number of hydrogen-bond donors (Lipinski definition) is 2. The number of rotatable bonds is 9. The van der Waals surface area contributed by atoms with Gasteiger partial charge in [0.2, 0.25) is 11.8 Å². The van der Waals surface area contributed by atoms with Gasteiger partial charge in [0.25, 0.3) is 0 Å². The van der Waals surface area contributed by atoms with Gasteiger partial charge in [-0.3, -0.25) is 10.1 Å². The summed E-state index contributed by atoms with van der Waals surface area (Å²) in [5.74, 6) is 1.16. The molecule has 1 aromatic heterocycles. The highest BCUT2D eigenvalue weighted by molar-refractivity contribution is 5.56. The lowest BCUT2D eigenvalue weighted by molar-refractivity contribution is -0.384. The minimum Gasteiger partial charge on any atom is -0.364 e. The third-order valence-corrected chi connectivity index (χ3v) is 3.29. The van der Waals surface area contributed by atoms with Crippen LogP contribution in [0.3, 0.4) is 0 Å². The fourth-order valence-corrected chi connectivity index (χ4v) is 1.94. The van der Waals surface area contributed by atoms with E-state index in [0.717, 1.165) is 19.3 Å². The monoisotopic (exact) mass is 281 g/mol. The van der Waals surface area contributed by atoms with Crippen LogP contribution >= 0.6 is 0 Å². The van der Waals surface area contributed by atoms with Crippen molar-refractivity contribution in [1.82, 2.24) is 9.97 Å². The van der Waals surface area contributed by atoms with Crippen molar-refractivity contribution in [1.29, 1.82) is 0 Å². The molecule has 1 heterocycles. The molecular weight excluding hydrogens is 258 g/mol. The zero-order chi connectivity index (χ0) is 15.0. The summed E-state index contributed by atoms with van der Waals surface area (Å²) in [5.41, 5.74) is -0.0886. The second-order valence-corrected chi connectivity index (χ2v) is 4.73. The van der Waals surface area contributed by atoms with Gasteiger partial charge < -0.3 is 10.6 Å². The van der Waals surface area contributed by atoms with Crippen LogP contribution in [-0.2, 0) is 0 Å². The molecule has 0 amide bonds. The lowest BCUT2D eigenvalue weighted by atomic mass is 9.99. The quantitative estimate of drug-likeness (QED) is 0.534. The smallest absolute Gasteiger partial charge is 0.329 e. The largest absolute Gasteiger partial charge is 0.364 e. The summed E-state index contributed by atoms with van der Waals surface area (Å²) in [5, 5.41) is 16.9. The standard InChI is InChI=1S/C13H23N5O2/c1-4-6-7-10(5-2)8-15-12-11(18(19)20)9-16-13(14-3)17-12/h9-10H,4-8H2,1-3H3,(H2,14,15,16,17). The van der Waals surface area contributed by atoms with Crippen LogP contribution in [0.2, 0.25) is 0 Å². The van der Waals surface area contributed by atoms with Crippen molar-refractivity contribution < 1.29 is 4.92 Å². The van der Waals surface area contributed by atoms with Crippen molar-refractivity contribution in [2.24, 2.45) is 5.92 Å². The van der Waals surface area contributed by atoms with Crippen molar-refractivity contribution in [3.63, 3.8) is 0 Å². The summed E-state index contributed by atoms with van der Waals surface area (Å²) in [6.45, 7) is 4.99. The summed E-state index contributed by atoms with van der Waals surface area (Å²) in [6, 6.07) is 0. The predicted octanol–water partition coefficient (Wildman–Crippen LogP) is 3.05. The molecule has 0 saturated heterocycles. The van der Waals surface area contributed by atoms with E-state index in [4.69, 9.17) is 0 Å². The minimum atomic E-state index is -0.464. The molecule has 20 heavy (non-hydrogen) atoms. The maximum Gasteiger partial charge on any atom is 0.329 e. The molecule has 2 N–H and O–H groups in total. The van der Waals surface area contributed by atoms with Crippen molar-refractivity contribution in [2.45, 2.75) is 39.5 Å². The molecule has 0 aliphatic heterocycles. The van der Waals surface area contributed by atoms with E-state index in [1.807, 2.05) is 0 Å². The van der Waals surface area contributed by atoms with Crippen LogP contribution in [-0.4, -0.2) is 28.5 Å². The molecule has 7 nitrogen and oxygen atoms in total.